The maximum atomic E-state index is 11.2. The Bertz CT molecular complexity index is 707. The molecule has 23 heavy (non-hydrogen) atoms. The summed E-state index contributed by atoms with van der Waals surface area (Å²) in [5.41, 5.74) is 4.21. The zero-order valence-electron chi connectivity index (χ0n) is 12.9. The lowest BCUT2D eigenvalue weighted by Gasteiger charge is -2.28. The van der Waals surface area contributed by atoms with Crippen molar-refractivity contribution in [3.8, 4) is 27.3 Å². The van der Waals surface area contributed by atoms with E-state index in [-0.39, 0.29) is 12.4 Å². The van der Waals surface area contributed by atoms with Gasteiger partial charge in [0.05, 0.1) is 0 Å². The Balaban J connectivity index is 0.00000156. The van der Waals surface area contributed by atoms with E-state index in [0.717, 1.165) is 35.3 Å². The molecule has 4 rings (SSSR count). The normalized spacial score (nSPS) is 15.8. The first-order valence-corrected chi connectivity index (χ1v) is 8.82. The molecule has 1 saturated heterocycles. The predicted octanol–water partition coefficient (Wildman–Crippen LogP) is 4.49. The van der Waals surface area contributed by atoms with Crippen LogP contribution in [0.15, 0.2) is 23.6 Å². The van der Waals surface area contributed by atoms with Gasteiger partial charge in [-0.1, -0.05) is 6.42 Å². The highest BCUT2D eigenvalue weighted by atomic mass is 35.5. The molecule has 0 amide bonds. The number of hydrogen-bond acceptors (Lipinski definition) is 4. The fraction of sp³-hybridized carbons (Fsp3) is 0.389. The Morgan fingerprint density at radius 3 is 2.74 bits per heavy atom. The van der Waals surface area contributed by atoms with Crippen molar-refractivity contribution in [2.24, 2.45) is 0 Å². The lowest BCUT2D eigenvalue weighted by atomic mass is 9.84. The molecule has 0 radical (unpaired) electrons. The summed E-state index contributed by atoms with van der Waals surface area (Å²) in [6.07, 6.45) is 4.92. The summed E-state index contributed by atoms with van der Waals surface area (Å²) in [4.78, 5) is 14.9. The van der Waals surface area contributed by atoms with Gasteiger partial charge in [0.1, 0.15) is 12.4 Å². The van der Waals surface area contributed by atoms with E-state index >= 15 is 0 Å². The van der Waals surface area contributed by atoms with Gasteiger partial charge in [0.2, 0.25) is 0 Å². The van der Waals surface area contributed by atoms with E-state index in [1.807, 2.05) is 12.1 Å². The smallest absolute Gasteiger partial charge is 0.150 e. The van der Waals surface area contributed by atoms with Gasteiger partial charge in [-0.3, -0.25) is 9.69 Å². The molecule has 1 fully saturated rings. The largest absolute Gasteiger partial charge is 0.492 e. The summed E-state index contributed by atoms with van der Waals surface area (Å²) in [5.74, 6) is 0.920. The number of hydrogen-bond donors (Lipinski definition) is 0. The first-order chi connectivity index (χ1) is 10.9. The van der Waals surface area contributed by atoms with E-state index in [4.69, 9.17) is 4.74 Å². The van der Waals surface area contributed by atoms with Gasteiger partial charge in [0.25, 0.3) is 0 Å². The molecule has 1 aromatic carbocycles. The molecule has 0 atom stereocenters. The molecule has 0 N–H and O–H groups in total. The van der Waals surface area contributed by atoms with Crippen LogP contribution in [0.2, 0.25) is 0 Å². The Morgan fingerprint density at radius 1 is 1.13 bits per heavy atom. The first kappa shape index (κ1) is 16.5. The topological polar surface area (TPSA) is 29.5 Å². The number of carbonyl (C=O) groups is 1. The maximum Gasteiger partial charge on any atom is 0.150 e. The van der Waals surface area contributed by atoms with E-state index in [0.29, 0.717) is 6.61 Å². The number of piperidine rings is 1. The number of benzene rings is 1. The van der Waals surface area contributed by atoms with Crippen LogP contribution in [0.4, 0.5) is 0 Å². The van der Waals surface area contributed by atoms with Crippen LogP contribution in [0.1, 0.15) is 29.6 Å². The van der Waals surface area contributed by atoms with Crippen molar-refractivity contribution in [3.63, 3.8) is 0 Å². The summed E-state index contributed by atoms with van der Waals surface area (Å²) in [6.45, 7) is 4.09. The predicted molar refractivity (Wildman–Crippen MR) is 97.2 cm³/mol. The number of thiophene rings is 1. The van der Waals surface area contributed by atoms with Crippen LogP contribution in [0.3, 0.4) is 0 Å². The fourth-order valence-corrected chi connectivity index (χ4v) is 4.41. The number of ether oxygens (including phenoxy) is 1. The molecular formula is C18H20ClNO2S. The van der Waals surface area contributed by atoms with Crippen molar-refractivity contribution in [2.75, 3.05) is 26.2 Å². The minimum Gasteiger partial charge on any atom is -0.492 e. The van der Waals surface area contributed by atoms with Crippen molar-refractivity contribution < 1.29 is 9.53 Å². The third kappa shape index (κ3) is 2.91. The van der Waals surface area contributed by atoms with Crippen molar-refractivity contribution in [2.45, 2.75) is 19.3 Å². The quantitative estimate of drug-likeness (QED) is 0.635. The van der Waals surface area contributed by atoms with Gasteiger partial charge in [-0.15, -0.1) is 23.7 Å². The molecule has 5 heteroatoms. The second-order valence-electron chi connectivity index (χ2n) is 5.93. The highest BCUT2D eigenvalue weighted by molar-refractivity contribution is 7.15. The minimum atomic E-state index is 0. The van der Waals surface area contributed by atoms with Crippen LogP contribution in [0.5, 0.6) is 5.75 Å². The average Bonchev–Trinajstić information content (AvgIpc) is 2.96. The van der Waals surface area contributed by atoms with Gasteiger partial charge in [-0.25, -0.2) is 0 Å². The third-order valence-corrected chi connectivity index (χ3v) is 5.53. The van der Waals surface area contributed by atoms with Crippen LogP contribution >= 0.6 is 23.7 Å². The lowest BCUT2D eigenvalue weighted by Crippen LogP contribution is -2.33. The van der Waals surface area contributed by atoms with Gasteiger partial charge in [0, 0.05) is 33.7 Å². The monoisotopic (exact) mass is 349 g/mol. The van der Waals surface area contributed by atoms with Gasteiger partial charge in [0.15, 0.2) is 6.29 Å². The van der Waals surface area contributed by atoms with Crippen LogP contribution < -0.4 is 4.74 Å². The molecule has 1 aliphatic heterocycles. The Labute approximate surface area is 146 Å². The zero-order chi connectivity index (χ0) is 14.9. The number of nitrogens with zero attached hydrogens (tertiary/aromatic N) is 1. The van der Waals surface area contributed by atoms with Crippen molar-refractivity contribution in [1.82, 2.24) is 4.90 Å². The molecule has 1 aliphatic carbocycles. The third-order valence-electron chi connectivity index (χ3n) is 4.60. The van der Waals surface area contributed by atoms with Crippen molar-refractivity contribution in [3.05, 3.63) is 29.1 Å². The highest BCUT2D eigenvalue weighted by Crippen LogP contribution is 2.55. The van der Waals surface area contributed by atoms with Gasteiger partial charge in [-0.05, 0) is 49.5 Å². The average molecular weight is 350 g/mol. The van der Waals surface area contributed by atoms with Gasteiger partial charge < -0.3 is 4.74 Å². The molecule has 2 heterocycles. The summed E-state index contributed by atoms with van der Waals surface area (Å²) in [5, 5.41) is 2.08. The Hall–Kier alpha value is -1.36. The summed E-state index contributed by atoms with van der Waals surface area (Å²) in [7, 11) is 0. The molecule has 1 aromatic heterocycles. The van der Waals surface area contributed by atoms with E-state index in [9.17, 15) is 4.79 Å². The fourth-order valence-electron chi connectivity index (χ4n) is 3.44. The van der Waals surface area contributed by atoms with Crippen molar-refractivity contribution in [1.29, 1.82) is 0 Å². The van der Waals surface area contributed by atoms with E-state index < -0.39 is 0 Å². The van der Waals surface area contributed by atoms with E-state index in [1.54, 1.807) is 11.3 Å². The second kappa shape index (κ2) is 7.04. The van der Waals surface area contributed by atoms with Crippen molar-refractivity contribution >= 4 is 30.0 Å². The standard InChI is InChI=1S/C18H19NO2S.ClH/c20-12-13-4-5-15(17-14-6-11-22-18(14)16(13)17)21-10-9-19-7-2-1-3-8-19;/h4-6,11-12H,1-3,7-10H2;1H. The number of likely N-dealkylation sites (tertiary alicyclic amines) is 1. The Kier molecular flexibility index (Phi) is 5.05. The molecular weight excluding hydrogens is 330 g/mol. The molecule has 2 aromatic rings. The number of rotatable bonds is 5. The molecule has 0 unspecified atom stereocenters. The molecule has 0 spiro atoms. The number of fused-ring (bicyclic) bond motifs is 4. The zero-order valence-corrected chi connectivity index (χ0v) is 14.5. The molecule has 0 bridgehead atoms. The minimum absolute atomic E-state index is 0. The Morgan fingerprint density at radius 2 is 1.96 bits per heavy atom. The summed E-state index contributed by atoms with van der Waals surface area (Å²) in [6, 6.07) is 5.94. The second-order valence-corrected chi connectivity index (χ2v) is 6.85. The van der Waals surface area contributed by atoms with Crippen LogP contribution in [-0.2, 0) is 0 Å². The molecule has 0 saturated carbocycles. The SMILES string of the molecule is Cl.O=Cc1ccc(OCCN2CCCCC2)c2c1-c1sccc1-2. The summed E-state index contributed by atoms with van der Waals surface area (Å²) >= 11 is 1.70. The molecule has 2 aliphatic rings. The van der Waals surface area contributed by atoms with E-state index in [2.05, 4.69) is 16.3 Å². The van der Waals surface area contributed by atoms with Gasteiger partial charge in [-0.2, -0.15) is 0 Å². The molecule has 122 valence electrons. The number of aldehydes is 1. The summed E-state index contributed by atoms with van der Waals surface area (Å²) < 4.78 is 6.04. The highest BCUT2D eigenvalue weighted by Gasteiger charge is 2.30. The number of carbonyl (C=O) groups excluding carboxylic acids is 1. The lowest BCUT2D eigenvalue weighted by molar-refractivity contribution is 0.112. The first-order valence-electron chi connectivity index (χ1n) is 7.94. The molecule has 3 nitrogen and oxygen atoms in total. The van der Waals surface area contributed by atoms with Crippen LogP contribution in [0, 0.1) is 0 Å². The maximum absolute atomic E-state index is 11.2. The van der Waals surface area contributed by atoms with Crippen LogP contribution in [-0.4, -0.2) is 37.4 Å². The number of halogens is 1. The van der Waals surface area contributed by atoms with Crippen LogP contribution in [0.25, 0.3) is 21.6 Å². The van der Waals surface area contributed by atoms with E-state index in [1.165, 1.54) is 42.8 Å². The van der Waals surface area contributed by atoms with Gasteiger partial charge >= 0.3 is 0 Å².